The fraction of sp³-hybridized carbons (Fsp3) is 0.0476. The second-order valence-electron chi connectivity index (χ2n) is 5.99. The molecule has 1 aromatic heterocycles. The maximum atomic E-state index is 12.6. The van der Waals surface area contributed by atoms with Crippen LogP contribution >= 0.6 is 15.9 Å². The summed E-state index contributed by atoms with van der Waals surface area (Å²) in [5.41, 5.74) is 5.62. The average Bonchev–Trinajstić information content (AvgIpc) is 2.71. The topological polar surface area (TPSA) is 83.5 Å². The summed E-state index contributed by atoms with van der Waals surface area (Å²) < 4.78 is 0.710. The summed E-state index contributed by atoms with van der Waals surface area (Å²) in [6.45, 7) is 2.00. The minimum absolute atomic E-state index is 0.290. The number of nitrogens with zero attached hydrogens (tertiary/aromatic N) is 2. The Labute approximate surface area is 170 Å². The molecule has 0 unspecified atom stereocenters. The van der Waals surface area contributed by atoms with Gasteiger partial charge in [-0.1, -0.05) is 45.8 Å². The van der Waals surface area contributed by atoms with Crippen LogP contribution in [-0.2, 0) is 0 Å². The molecule has 2 aromatic carbocycles. The van der Waals surface area contributed by atoms with Crippen LogP contribution in [0.4, 0.5) is 5.69 Å². The fourth-order valence-electron chi connectivity index (χ4n) is 2.39. The molecule has 1 heterocycles. The molecule has 0 bridgehead atoms. The van der Waals surface area contributed by atoms with Crippen LogP contribution in [0.15, 0.2) is 76.6 Å². The lowest BCUT2D eigenvalue weighted by Crippen LogP contribution is -2.21. The number of rotatable bonds is 5. The van der Waals surface area contributed by atoms with Crippen molar-refractivity contribution in [3.63, 3.8) is 0 Å². The van der Waals surface area contributed by atoms with Gasteiger partial charge in [0.25, 0.3) is 11.8 Å². The van der Waals surface area contributed by atoms with Crippen LogP contribution in [0.3, 0.4) is 0 Å². The lowest BCUT2D eigenvalue weighted by molar-refractivity contribution is 0.0956. The third-order valence-electron chi connectivity index (χ3n) is 3.87. The second-order valence-corrected chi connectivity index (χ2v) is 6.91. The Morgan fingerprint density at radius 2 is 1.71 bits per heavy atom. The number of hydrazone groups is 1. The molecule has 2 N–H and O–H groups in total. The van der Waals surface area contributed by atoms with Gasteiger partial charge in [-0.25, -0.2) is 5.43 Å². The normalized spacial score (nSPS) is 10.6. The van der Waals surface area contributed by atoms with Crippen LogP contribution in [0, 0.1) is 6.92 Å². The quantitative estimate of drug-likeness (QED) is 0.464. The first kappa shape index (κ1) is 19.4. The predicted molar refractivity (Wildman–Crippen MR) is 113 cm³/mol. The molecular formula is C21H17BrN4O2. The molecule has 0 saturated heterocycles. The highest BCUT2D eigenvalue weighted by molar-refractivity contribution is 9.10. The number of hydrogen-bond acceptors (Lipinski definition) is 4. The second kappa shape index (κ2) is 9.05. The van der Waals surface area contributed by atoms with Gasteiger partial charge in [0.2, 0.25) is 0 Å². The molecule has 2 amide bonds. The van der Waals surface area contributed by atoms with Crippen LogP contribution in [-0.4, -0.2) is 23.0 Å². The van der Waals surface area contributed by atoms with Gasteiger partial charge in [0.05, 0.1) is 17.5 Å². The van der Waals surface area contributed by atoms with Crippen LogP contribution in [0.25, 0.3) is 0 Å². The minimum Gasteiger partial charge on any atom is -0.321 e. The highest BCUT2D eigenvalue weighted by atomic mass is 79.9. The van der Waals surface area contributed by atoms with E-state index in [1.165, 1.54) is 12.4 Å². The highest BCUT2D eigenvalue weighted by Gasteiger charge is 2.14. The van der Waals surface area contributed by atoms with E-state index in [0.717, 1.165) is 11.1 Å². The van der Waals surface area contributed by atoms with Crippen molar-refractivity contribution in [1.82, 2.24) is 10.4 Å². The van der Waals surface area contributed by atoms with Crippen LogP contribution in [0.2, 0.25) is 0 Å². The van der Waals surface area contributed by atoms with E-state index in [9.17, 15) is 9.59 Å². The number of carbonyl (C=O) groups excluding carboxylic acids is 2. The number of aryl methyl sites for hydroxylation is 1. The molecule has 0 radical (unpaired) electrons. The first-order valence-corrected chi connectivity index (χ1v) is 9.23. The Morgan fingerprint density at radius 3 is 2.43 bits per heavy atom. The Bertz CT molecular complexity index is 1020. The molecule has 0 aliphatic heterocycles. The summed E-state index contributed by atoms with van der Waals surface area (Å²) in [4.78, 5) is 28.9. The summed E-state index contributed by atoms with van der Waals surface area (Å²) >= 11 is 3.35. The fourth-order valence-corrected chi connectivity index (χ4v) is 2.75. The Hall–Kier alpha value is -3.32. The minimum atomic E-state index is -0.435. The maximum absolute atomic E-state index is 12.6. The van der Waals surface area contributed by atoms with Gasteiger partial charge >= 0.3 is 0 Å². The molecule has 3 rings (SSSR count). The van der Waals surface area contributed by atoms with Crippen molar-refractivity contribution in [2.45, 2.75) is 6.92 Å². The van der Waals surface area contributed by atoms with Crippen molar-refractivity contribution in [1.29, 1.82) is 0 Å². The van der Waals surface area contributed by atoms with Gasteiger partial charge in [-0.3, -0.25) is 14.6 Å². The molecule has 0 spiro atoms. The SMILES string of the molecule is Cc1ccc(C=NNC(=O)c2cc(Br)ccc2NC(=O)c2ccncc2)cc1. The summed E-state index contributed by atoms with van der Waals surface area (Å²) in [6, 6.07) is 16.0. The van der Waals surface area contributed by atoms with E-state index < -0.39 is 5.91 Å². The zero-order valence-electron chi connectivity index (χ0n) is 15.0. The third-order valence-corrected chi connectivity index (χ3v) is 4.37. The van der Waals surface area contributed by atoms with Crippen LogP contribution < -0.4 is 10.7 Å². The Kier molecular flexibility index (Phi) is 6.29. The van der Waals surface area contributed by atoms with Crippen molar-refractivity contribution in [2.24, 2.45) is 5.10 Å². The summed E-state index contributed by atoms with van der Waals surface area (Å²) in [6.07, 6.45) is 4.62. The van der Waals surface area contributed by atoms with E-state index in [2.05, 4.69) is 36.8 Å². The molecule has 0 aliphatic rings. The number of carbonyl (C=O) groups is 2. The first-order valence-electron chi connectivity index (χ1n) is 8.44. The number of halogens is 1. The monoisotopic (exact) mass is 436 g/mol. The number of pyridine rings is 1. The van der Waals surface area contributed by atoms with Crippen molar-refractivity contribution in [2.75, 3.05) is 5.32 Å². The molecule has 0 atom stereocenters. The van der Waals surface area contributed by atoms with Crippen molar-refractivity contribution in [3.05, 3.63) is 93.7 Å². The molecule has 6 nitrogen and oxygen atoms in total. The van der Waals surface area contributed by atoms with E-state index in [1.807, 2.05) is 31.2 Å². The number of aromatic nitrogens is 1. The lowest BCUT2D eigenvalue weighted by Gasteiger charge is -2.10. The van der Waals surface area contributed by atoms with E-state index in [0.29, 0.717) is 15.7 Å². The Balaban J connectivity index is 1.75. The summed E-state index contributed by atoms with van der Waals surface area (Å²) in [7, 11) is 0. The average molecular weight is 437 g/mol. The third kappa shape index (κ3) is 5.11. The predicted octanol–water partition coefficient (Wildman–Crippen LogP) is 4.17. The zero-order chi connectivity index (χ0) is 19.9. The van der Waals surface area contributed by atoms with Crippen molar-refractivity contribution in [3.8, 4) is 0 Å². The molecule has 140 valence electrons. The summed E-state index contributed by atoms with van der Waals surface area (Å²) in [5, 5.41) is 6.74. The van der Waals surface area contributed by atoms with Gasteiger partial charge < -0.3 is 5.32 Å². The molecule has 0 aliphatic carbocycles. The van der Waals surface area contributed by atoms with Gasteiger partial charge in [0.1, 0.15) is 0 Å². The molecule has 3 aromatic rings. The zero-order valence-corrected chi connectivity index (χ0v) is 16.6. The first-order chi connectivity index (χ1) is 13.5. The van der Waals surface area contributed by atoms with E-state index in [1.54, 1.807) is 36.5 Å². The van der Waals surface area contributed by atoms with Gasteiger partial charge in [-0.2, -0.15) is 5.10 Å². The van der Waals surface area contributed by atoms with Crippen molar-refractivity contribution >= 4 is 39.6 Å². The van der Waals surface area contributed by atoms with Crippen LogP contribution in [0.1, 0.15) is 31.8 Å². The lowest BCUT2D eigenvalue weighted by atomic mass is 10.1. The highest BCUT2D eigenvalue weighted by Crippen LogP contribution is 2.22. The smallest absolute Gasteiger partial charge is 0.273 e. The number of nitrogens with one attached hydrogen (secondary N) is 2. The summed E-state index contributed by atoms with van der Waals surface area (Å²) in [5.74, 6) is -0.767. The standard InChI is InChI=1S/C21H17BrN4O2/c1-14-2-4-15(5-3-14)13-24-26-21(28)18-12-17(22)6-7-19(18)25-20(27)16-8-10-23-11-9-16/h2-13H,1H3,(H,25,27)(H,26,28). The van der Waals surface area contributed by atoms with Gasteiger partial charge in [0.15, 0.2) is 0 Å². The molecular weight excluding hydrogens is 420 g/mol. The van der Waals surface area contributed by atoms with Crippen molar-refractivity contribution < 1.29 is 9.59 Å². The molecule has 0 saturated carbocycles. The van der Waals surface area contributed by atoms with E-state index in [-0.39, 0.29) is 11.5 Å². The molecule has 28 heavy (non-hydrogen) atoms. The largest absolute Gasteiger partial charge is 0.321 e. The van der Waals surface area contributed by atoms with Crippen LogP contribution in [0.5, 0.6) is 0 Å². The van der Waals surface area contributed by atoms with Gasteiger partial charge in [0, 0.05) is 22.4 Å². The Morgan fingerprint density at radius 1 is 1.00 bits per heavy atom. The molecule has 7 heteroatoms. The van der Waals surface area contributed by atoms with Gasteiger partial charge in [-0.05, 0) is 42.8 Å². The number of benzene rings is 2. The number of hydrogen-bond donors (Lipinski definition) is 2. The maximum Gasteiger partial charge on any atom is 0.273 e. The van der Waals surface area contributed by atoms with E-state index in [4.69, 9.17) is 0 Å². The number of anilines is 1. The molecule has 0 fully saturated rings. The van der Waals surface area contributed by atoms with Gasteiger partial charge in [-0.15, -0.1) is 0 Å². The number of amides is 2. The van der Waals surface area contributed by atoms with E-state index >= 15 is 0 Å².